The highest BCUT2D eigenvalue weighted by molar-refractivity contribution is 8.00. The quantitative estimate of drug-likeness (QED) is 0.780. The molecule has 146 valence electrons. The fraction of sp³-hybridized carbons (Fsp3) is 0.364. The van der Waals surface area contributed by atoms with Gasteiger partial charge >= 0.3 is 0 Å². The third-order valence-corrected chi connectivity index (χ3v) is 6.43. The standard InChI is InChI=1S/C22H25N3O2S/c26-21(16-25-19-8-4-5-9-20(19)28-17-22(25)27)24-14-12-23(13-15-24)11-10-18-6-2-1-3-7-18/h1-9H,10-17H2. The zero-order valence-corrected chi connectivity index (χ0v) is 16.7. The molecule has 4 rings (SSSR count). The van der Waals surface area contributed by atoms with E-state index in [0.29, 0.717) is 5.75 Å². The fourth-order valence-corrected chi connectivity index (χ4v) is 4.65. The number of fused-ring (bicyclic) bond motifs is 1. The van der Waals surface area contributed by atoms with Gasteiger partial charge in [0.1, 0.15) is 6.54 Å². The average molecular weight is 396 g/mol. The minimum atomic E-state index is 0.0125. The molecule has 0 aromatic heterocycles. The van der Waals surface area contributed by atoms with Gasteiger partial charge in [0.05, 0.1) is 11.4 Å². The summed E-state index contributed by atoms with van der Waals surface area (Å²) in [7, 11) is 0. The first-order chi connectivity index (χ1) is 13.7. The number of hydrogen-bond acceptors (Lipinski definition) is 4. The van der Waals surface area contributed by atoms with Gasteiger partial charge in [0.15, 0.2) is 0 Å². The van der Waals surface area contributed by atoms with Gasteiger partial charge in [-0.3, -0.25) is 14.5 Å². The van der Waals surface area contributed by atoms with Crippen molar-refractivity contribution in [1.82, 2.24) is 9.80 Å². The molecule has 2 aromatic rings. The zero-order valence-electron chi connectivity index (χ0n) is 15.9. The van der Waals surface area contributed by atoms with Gasteiger partial charge in [0, 0.05) is 37.6 Å². The second-order valence-electron chi connectivity index (χ2n) is 7.19. The highest BCUT2D eigenvalue weighted by atomic mass is 32.2. The van der Waals surface area contributed by atoms with Crippen molar-refractivity contribution in [2.75, 3.05) is 49.9 Å². The van der Waals surface area contributed by atoms with E-state index in [-0.39, 0.29) is 18.4 Å². The van der Waals surface area contributed by atoms with Gasteiger partial charge in [-0.1, -0.05) is 42.5 Å². The maximum absolute atomic E-state index is 12.8. The van der Waals surface area contributed by atoms with Crippen molar-refractivity contribution in [3.8, 4) is 0 Å². The molecule has 2 amide bonds. The number of anilines is 1. The van der Waals surface area contributed by atoms with Crippen molar-refractivity contribution in [1.29, 1.82) is 0 Å². The summed E-state index contributed by atoms with van der Waals surface area (Å²) >= 11 is 1.54. The normalized spacial score (nSPS) is 17.5. The van der Waals surface area contributed by atoms with Crippen LogP contribution in [0.4, 0.5) is 5.69 Å². The van der Waals surface area contributed by atoms with Gasteiger partial charge in [-0.25, -0.2) is 0 Å². The Labute approximate surface area is 170 Å². The van der Waals surface area contributed by atoms with Gasteiger partial charge in [-0.05, 0) is 24.1 Å². The molecule has 0 bridgehead atoms. The van der Waals surface area contributed by atoms with Gasteiger partial charge in [0.25, 0.3) is 0 Å². The van der Waals surface area contributed by atoms with Crippen molar-refractivity contribution in [3.63, 3.8) is 0 Å². The second kappa shape index (κ2) is 8.80. The molecular weight excluding hydrogens is 370 g/mol. The molecule has 0 radical (unpaired) electrons. The lowest BCUT2D eigenvalue weighted by atomic mass is 10.1. The van der Waals surface area contributed by atoms with Crippen LogP contribution in [0.1, 0.15) is 5.56 Å². The van der Waals surface area contributed by atoms with E-state index in [1.807, 2.05) is 35.2 Å². The van der Waals surface area contributed by atoms with Crippen LogP contribution in [0.25, 0.3) is 0 Å². The van der Waals surface area contributed by atoms with E-state index in [9.17, 15) is 9.59 Å². The number of carbonyl (C=O) groups excluding carboxylic acids is 2. The summed E-state index contributed by atoms with van der Waals surface area (Å²) in [6, 6.07) is 18.3. The number of thioether (sulfide) groups is 1. The van der Waals surface area contributed by atoms with Gasteiger partial charge in [-0.2, -0.15) is 0 Å². The summed E-state index contributed by atoms with van der Waals surface area (Å²) in [5.74, 6) is 0.452. The fourth-order valence-electron chi connectivity index (χ4n) is 3.72. The molecule has 0 aliphatic carbocycles. The highest BCUT2D eigenvalue weighted by Gasteiger charge is 2.29. The summed E-state index contributed by atoms with van der Waals surface area (Å²) in [4.78, 5) is 32.2. The third-order valence-electron chi connectivity index (χ3n) is 5.39. The van der Waals surface area contributed by atoms with E-state index >= 15 is 0 Å². The summed E-state index contributed by atoms with van der Waals surface area (Å²) in [6.07, 6.45) is 1.03. The minimum absolute atomic E-state index is 0.0125. The van der Waals surface area contributed by atoms with Crippen LogP contribution in [-0.4, -0.2) is 66.6 Å². The van der Waals surface area contributed by atoms with Crippen molar-refractivity contribution in [3.05, 3.63) is 60.2 Å². The van der Waals surface area contributed by atoms with E-state index in [1.165, 1.54) is 5.56 Å². The molecule has 2 aliphatic heterocycles. The smallest absolute Gasteiger partial charge is 0.242 e. The molecule has 1 fully saturated rings. The highest BCUT2D eigenvalue weighted by Crippen LogP contribution is 2.34. The van der Waals surface area contributed by atoms with Gasteiger partial charge < -0.3 is 9.80 Å². The summed E-state index contributed by atoms with van der Waals surface area (Å²) < 4.78 is 0. The minimum Gasteiger partial charge on any atom is -0.339 e. The Kier molecular flexibility index (Phi) is 5.98. The number of nitrogens with zero attached hydrogens (tertiary/aromatic N) is 3. The summed E-state index contributed by atoms with van der Waals surface area (Å²) in [5.41, 5.74) is 2.21. The van der Waals surface area contributed by atoms with Gasteiger partial charge in [-0.15, -0.1) is 11.8 Å². The number of carbonyl (C=O) groups is 2. The number of piperazine rings is 1. The van der Waals surface area contributed by atoms with Crippen molar-refractivity contribution in [2.45, 2.75) is 11.3 Å². The Bertz CT molecular complexity index is 835. The Balaban J connectivity index is 1.29. The monoisotopic (exact) mass is 395 g/mol. The van der Waals surface area contributed by atoms with E-state index in [0.717, 1.165) is 49.7 Å². The number of amides is 2. The molecule has 6 heteroatoms. The molecule has 2 heterocycles. The lowest BCUT2D eigenvalue weighted by Gasteiger charge is -2.36. The number of para-hydroxylation sites is 1. The molecule has 2 aliphatic rings. The van der Waals surface area contributed by atoms with Crippen molar-refractivity contribution in [2.24, 2.45) is 0 Å². The van der Waals surface area contributed by atoms with Crippen molar-refractivity contribution >= 4 is 29.3 Å². The van der Waals surface area contributed by atoms with Crippen LogP contribution in [0, 0.1) is 0 Å². The average Bonchev–Trinajstić information content (AvgIpc) is 2.75. The largest absolute Gasteiger partial charge is 0.339 e. The first-order valence-electron chi connectivity index (χ1n) is 9.77. The Morgan fingerprint density at radius 3 is 2.43 bits per heavy atom. The Morgan fingerprint density at radius 1 is 0.929 bits per heavy atom. The van der Waals surface area contributed by atoms with Crippen LogP contribution in [0.5, 0.6) is 0 Å². The van der Waals surface area contributed by atoms with Crippen LogP contribution >= 0.6 is 11.8 Å². The predicted molar refractivity (Wildman–Crippen MR) is 113 cm³/mol. The van der Waals surface area contributed by atoms with Gasteiger partial charge in [0.2, 0.25) is 11.8 Å². The molecule has 5 nitrogen and oxygen atoms in total. The first kappa shape index (κ1) is 19.0. The lowest BCUT2D eigenvalue weighted by molar-refractivity contribution is -0.132. The summed E-state index contributed by atoms with van der Waals surface area (Å²) in [6.45, 7) is 4.39. The first-order valence-corrected chi connectivity index (χ1v) is 10.8. The molecule has 0 N–H and O–H groups in total. The third kappa shape index (κ3) is 4.39. The predicted octanol–water partition coefficient (Wildman–Crippen LogP) is 2.51. The molecule has 2 aromatic carbocycles. The number of rotatable bonds is 5. The van der Waals surface area contributed by atoms with Crippen LogP contribution in [-0.2, 0) is 16.0 Å². The van der Waals surface area contributed by atoms with Crippen LogP contribution < -0.4 is 4.90 Å². The molecular formula is C22H25N3O2S. The zero-order chi connectivity index (χ0) is 19.3. The molecule has 0 spiro atoms. The maximum atomic E-state index is 12.8. The van der Waals surface area contributed by atoms with Crippen LogP contribution in [0.3, 0.4) is 0 Å². The number of hydrogen-bond donors (Lipinski definition) is 0. The Morgan fingerprint density at radius 2 is 1.64 bits per heavy atom. The van der Waals surface area contributed by atoms with E-state index in [4.69, 9.17) is 0 Å². The molecule has 28 heavy (non-hydrogen) atoms. The van der Waals surface area contributed by atoms with Crippen LogP contribution in [0.15, 0.2) is 59.5 Å². The molecule has 0 saturated carbocycles. The topological polar surface area (TPSA) is 43.9 Å². The van der Waals surface area contributed by atoms with E-state index in [1.54, 1.807) is 16.7 Å². The molecule has 1 saturated heterocycles. The van der Waals surface area contributed by atoms with Crippen molar-refractivity contribution < 1.29 is 9.59 Å². The Hall–Kier alpha value is -2.31. The maximum Gasteiger partial charge on any atom is 0.242 e. The van der Waals surface area contributed by atoms with Crippen LogP contribution in [0.2, 0.25) is 0 Å². The SMILES string of the molecule is O=C(CN1C(=O)CSc2ccccc21)N1CCN(CCc2ccccc2)CC1. The molecule has 0 unspecified atom stereocenters. The van der Waals surface area contributed by atoms with E-state index in [2.05, 4.69) is 29.2 Å². The molecule has 0 atom stereocenters. The lowest BCUT2D eigenvalue weighted by Crippen LogP contribution is -2.52. The number of benzene rings is 2. The summed E-state index contributed by atoms with van der Waals surface area (Å²) in [5, 5.41) is 0. The second-order valence-corrected chi connectivity index (χ2v) is 8.21. The van der Waals surface area contributed by atoms with E-state index < -0.39 is 0 Å².